The maximum atomic E-state index is 13.3. The van der Waals surface area contributed by atoms with Crippen LogP contribution in [-0.4, -0.2) is 38.2 Å². The van der Waals surface area contributed by atoms with Gasteiger partial charge in [0.15, 0.2) is 17.1 Å². The fraction of sp³-hybridized carbons (Fsp3) is 0.350. The molecule has 5 heterocycles. The highest BCUT2D eigenvalue weighted by Gasteiger charge is 2.44. The third kappa shape index (κ3) is 2.05. The van der Waals surface area contributed by atoms with Gasteiger partial charge in [0, 0.05) is 35.9 Å². The lowest BCUT2D eigenvalue weighted by molar-refractivity contribution is 0.0642. The Kier molecular flexibility index (Phi) is 2.90. The molecule has 0 spiro atoms. The van der Waals surface area contributed by atoms with E-state index in [2.05, 4.69) is 10.1 Å². The maximum absolute atomic E-state index is 13.3. The number of benzene rings is 1. The minimum Gasteiger partial charge on any atom is -0.454 e. The lowest BCUT2D eigenvalue weighted by Crippen LogP contribution is -2.42. The van der Waals surface area contributed by atoms with Gasteiger partial charge in [0.05, 0.1) is 17.4 Å². The van der Waals surface area contributed by atoms with Crippen molar-refractivity contribution in [2.24, 2.45) is 0 Å². The molecule has 1 fully saturated rings. The number of aromatic nitrogens is 3. The van der Waals surface area contributed by atoms with Crippen molar-refractivity contribution in [1.82, 2.24) is 19.5 Å². The van der Waals surface area contributed by atoms with Gasteiger partial charge in [-0.15, -0.1) is 0 Å². The largest absolute Gasteiger partial charge is 0.454 e. The predicted molar refractivity (Wildman–Crippen MR) is 95.9 cm³/mol. The van der Waals surface area contributed by atoms with Crippen LogP contribution in [0.25, 0.3) is 5.65 Å². The Hall–Kier alpha value is -3.09. The van der Waals surface area contributed by atoms with E-state index in [4.69, 9.17) is 9.47 Å². The number of rotatable bonds is 1. The molecule has 27 heavy (non-hydrogen) atoms. The molecule has 2 atom stereocenters. The highest BCUT2D eigenvalue weighted by atomic mass is 16.7. The van der Waals surface area contributed by atoms with Gasteiger partial charge in [-0.3, -0.25) is 4.79 Å². The predicted octanol–water partition coefficient (Wildman–Crippen LogP) is 2.67. The number of ether oxygens (including phenoxy) is 2. The van der Waals surface area contributed by atoms with Gasteiger partial charge in [0.2, 0.25) is 6.79 Å². The Balaban J connectivity index is 1.41. The third-order valence-corrected chi connectivity index (χ3v) is 5.88. The molecule has 7 heteroatoms. The van der Waals surface area contributed by atoms with Crippen LogP contribution in [0.1, 0.15) is 46.2 Å². The molecular formula is C20H18N4O3. The van der Waals surface area contributed by atoms with Crippen molar-refractivity contribution < 1.29 is 14.3 Å². The van der Waals surface area contributed by atoms with Crippen LogP contribution in [0.4, 0.5) is 0 Å². The van der Waals surface area contributed by atoms with Crippen molar-refractivity contribution in [2.75, 3.05) is 6.79 Å². The molecule has 2 aromatic heterocycles. The number of hydrogen-bond acceptors (Lipinski definition) is 5. The first-order chi connectivity index (χ1) is 13.2. The molecule has 1 saturated heterocycles. The van der Waals surface area contributed by atoms with Crippen LogP contribution in [0.2, 0.25) is 0 Å². The van der Waals surface area contributed by atoms with Crippen molar-refractivity contribution in [2.45, 2.75) is 38.3 Å². The molecule has 0 radical (unpaired) electrons. The van der Waals surface area contributed by atoms with Gasteiger partial charge in [-0.05, 0) is 38.0 Å². The minimum absolute atomic E-state index is 0.0446. The van der Waals surface area contributed by atoms with E-state index in [0.29, 0.717) is 17.1 Å². The molecule has 3 aromatic rings. The number of aryl methyl sites for hydroxylation is 1. The number of carbonyl (C=O) groups is 1. The lowest BCUT2D eigenvalue weighted by atomic mass is 9.98. The van der Waals surface area contributed by atoms with Crippen molar-refractivity contribution >= 4 is 11.6 Å². The summed E-state index contributed by atoms with van der Waals surface area (Å²) in [5.41, 5.74) is 4.79. The SMILES string of the molecule is Cc1cc2ncc3c(n2n1)C[C@@H]1CC[C@H]3N1C(=O)c1ccc2c(c1)OCO2. The van der Waals surface area contributed by atoms with Gasteiger partial charge in [-0.2, -0.15) is 5.10 Å². The summed E-state index contributed by atoms with van der Waals surface area (Å²) in [7, 11) is 0. The molecule has 7 nitrogen and oxygen atoms in total. The normalized spacial score (nSPS) is 22.3. The highest BCUT2D eigenvalue weighted by Crippen LogP contribution is 2.44. The molecule has 2 bridgehead atoms. The lowest BCUT2D eigenvalue weighted by Gasteiger charge is -2.36. The molecule has 0 unspecified atom stereocenters. The van der Waals surface area contributed by atoms with E-state index >= 15 is 0 Å². The van der Waals surface area contributed by atoms with E-state index in [1.165, 1.54) is 5.69 Å². The maximum Gasteiger partial charge on any atom is 0.254 e. The van der Waals surface area contributed by atoms with Gasteiger partial charge in [0.1, 0.15) is 0 Å². The first-order valence-electron chi connectivity index (χ1n) is 9.25. The molecule has 1 aromatic carbocycles. The zero-order valence-corrected chi connectivity index (χ0v) is 14.9. The van der Waals surface area contributed by atoms with Crippen LogP contribution in [-0.2, 0) is 6.42 Å². The Bertz CT molecular complexity index is 1110. The van der Waals surface area contributed by atoms with Crippen LogP contribution >= 0.6 is 0 Å². The average molecular weight is 362 g/mol. The first-order valence-corrected chi connectivity index (χ1v) is 9.25. The molecule has 0 saturated carbocycles. The van der Waals surface area contributed by atoms with Gasteiger partial charge >= 0.3 is 0 Å². The van der Waals surface area contributed by atoms with Gasteiger partial charge in [0.25, 0.3) is 5.91 Å². The van der Waals surface area contributed by atoms with Crippen LogP contribution in [0.3, 0.4) is 0 Å². The Morgan fingerprint density at radius 2 is 2.07 bits per heavy atom. The van der Waals surface area contributed by atoms with E-state index < -0.39 is 0 Å². The molecule has 6 rings (SSSR count). The standard InChI is InChI=1S/C20H18N4O3/c1-11-6-19-21-9-14-15-4-3-13(8-16(14)24(19)22-11)23(15)20(25)12-2-5-17-18(7-12)27-10-26-17/h2,5-7,9,13,15H,3-4,8,10H2,1H3/t13-,15+/m0/s1. The average Bonchev–Trinajstić information content (AvgIpc) is 3.36. The van der Waals surface area contributed by atoms with Crippen molar-refractivity contribution in [3.8, 4) is 11.5 Å². The number of carbonyl (C=O) groups excluding carboxylic acids is 1. The van der Waals surface area contributed by atoms with Crippen LogP contribution in [0.5, 0.6) is 11.5 Å². The molecule has 0 aliphatic carbocycles. The smallest absolute Gasteiger partial charge is 0.254 e. The van der Waals surface area contributed by atoms with Gasteiger partial charge in [-0.25, -0.2) is 9.50 Å². The van der Waals surface area contributed by atoms with Crippen molar-refractivity contribution in [3.05, 3.63) is 53.0 Å². The van der Waals surface area contributed by atoms with E-state index in [9.17, 15) is 4.79 Å². The zero-order chi connectivity index (χ0) is 18.1. The Labute approximate surface area is 155 Å². The Morgan fingerprint density at radius 1 is 1.19 bits per heavy atom. The second kappa shape index (κ2) is 5.22. The molecule has 1 amide bonds. The van der Waals surface area contributed by atoms with Gasteiger partial charge < -0.3 is 14.4 Å². The summed E-state index contributed by atoms with van der Waals surface area (Å²) >= 11 is 0. The summed E-state index contributed by atoms with van der Waals surface area (Å²) in [4.78, 5) is 19.9. The summed E-state index contributed by atoms with van der Waals surface area (Å²) < 4.78 is 12.8. The quantitative estimate of drug-likeness (QED) is 0.666. The summed E-state index contributed by atoms with van der Waals surface area (Å²) in [6.07, 6.45) is 4.69. The second-order valence-electron chi connectivity index (χ2n) is 7.45. The zero-order valence-electron chi connectivity index (χ0n) is 14.9. The Morgan fingerprint density at radius 3 is 3.00 bits per heavy atom. The number of fused-ring (bicyclic) bond motifs is 7. The van der Waals surface area contributed by atoms with E-state index in [-0.39, 0.29) is 24.8 Å². The second-order valence-corrected chi connectivity index (χ2v) is 7.45. The monoisotopic (exact) mass is 362 g/mol. The van der Waals surface area contributed by atoms with E-state index in [0.717, 1.165) is 36.2 Å². The summed E-state index contributed by atoms with van der Waals surface area (Å²) in [5.74, 6) is 1.38. The summed E-state index contributed by atoms with van der Waals surface area (Å²) in [5, 5.41) is 4.61. The molecule has 0 N–H and O–H groups in total. The highest BCUT2D eigenvalue weighted by molar-refractivity contribution is 5.96. The third-order valence-electron chi connectivity index (χ3n) is 5.88. The number of amides is 1. The van der Waals surface area contributed by atoms with Crippen LogP contribution in [0.15, 0.2) is 30.5 Å². The fourth-order valence-corrected chi connectivity index (χ4v) is 4.69. The van der Waals surface area contributed by atoms with Gasteiger partial charge in [-0.1, -0.05) is 0 Å². The fourth-order valence-electron chi connectivity index (χ4n) is 4.69. The number of hydrogen-bond donors (Lipinski definition) is 0. The molecular weight excluding hydrogens is 344 g/mol. The molecule has 3 aliphatic rings. The van der Waals surface area contributed by atoms with Crippen LogP contribution in [0, 0.1) is 6.92 Å². The topological polar surface area (TPSA) is 69.0 Å². The first kappa shape index (κ1) is 15.0. The van der Waals surface area contributed by atoms with Crippen LogP contribution < -0.4 is 9.47 Å². The molecule has 3 aliphatic heterocycles. The summed E-state index contributed by atoms with van der Waals surface area (Å²) in [6.45, 7) is 2.19. The van der Waals surface area contributed by atoms with Crippen molar-refractivity contribution in [3.63, 3.8) is 0 Å². The van der Waals surface area contributed by atoms with E-state index in [1.54, 1.807) is 6.07 Å². The minimum atomic E-state index is 0.0446. The van der Waals surface area contributed by atoms with Crippen molar-refractivity contribution in [1.29, 1.82) is 0 Å². The molecule has 136 valence electrons. The summed E-state index contributed by atoms with van der Waals surface area (Å²) in [6, 6.07) is 7.66. The van der Waals surface area contributed by atoms with E-state index in [1.807, 2.05) is 40.7 Å². The number of nitrogens with zero attached hydrogens (tertiary/aromatic N) is 4.